The predicted octanol–water partition coefficient (Wildman–Crippen LogP) is 6.37. The average Bonchev–Trinajstić information content (AvgIpc) is 2.44. The zero-order valence-electron chi connectivity index (χ0n) is 10.4. The van der Waals surface area contributed by atoms with Gasteiger partial charge in [-0.1, -0.05) is 63.9 Å². The molecule has 0 aliphatic rings. The highest BCUT2D eigenvalue weighted by atomic mass is 79.9. The Hall–Kier alpha value is -1.16. The Morgan fingerprint density at radius 1 is 0.950 bits per heavy atom. The fourth-order valence-electron chi connectivity index (χ4n) is 2.02. The number of fused-ring (bicyclic) bond motifs is 1. The Bertz CT molecular complexity index is 735. The van der Waals surface area contributed by atoms with Crippen LogP contribution in [0.2, 0.25) is 5.02 Å². The number of nitrogens with one attached hydrogen (secondary N) is 1. The van der Waals surface area contributed by atoms with E-state index >= 15 is 0 Å². The van der Waals surface area contributed by atoms with Gasteiger partial charge in [-0.05, 0) is 41.6 Å². The van der Waals surface area contributed by atoms with E-state index in [1.54, 1.807) is 11.9 Å². The molecule has 0 heterocycles. The molecule has 100 valence electrons. The van der Waals surface area contributed by atoms with Gasteiger partial charge in [-0.2, -0.15) is 0 Å². The Morgan fingerprint density at radius 3 is 2.60 bits per heavy atom. The first-order valence-corrected chi connectivity index (χ1v) is 8.08. The molecule has 0 unspecified atom stereocenters. The van der Waals surface area contributed by atoms with Crippen LogP contribution < -0.4 is 4.72 Å². The summed E-state index contributed by atoms with van der Waals surface area (Å²) >= 11 is 11.1. The molecular weight excluding hydrogens is 354 g/mol. The molecule has 3 rings (SSSR count). The third-order valence-electron chi connectivity index (χ3n) is 2.90. The summed E-state index contributed by atoms with van der Waals surface area (Å²) < 4.78 is 4.37. The van der Waals surface area contributed by atoms with Crippen LogP contribution in [0, 0.1) is 0 Å². The quantitative estimate of drug-likeness (QED) is 0.541. The van der Waals surface area contributed by atoms with Gasteiger partial charge in [0.15, 0.2) is 0 Å². The first-order valence-electron chi connectivity index (χ1n) is 6.09. The van der Waals surface area contributed by atoms with E-state index in [1.807, 2.05) is 30.3 Å². The Kier molecular flexibility index (Phi) is 4.20. The molecule has 20 heavy (non-hydrogen) atoms. The molecule has 0 spiro atoms. The lowest BCUT2D eigenvalue weighted by molar-refractivity contribution is 1.44. The minimum absolute atomic E-state index is 0.724. The Morgan fingerprint density at radius 2 is 1.75 bits per heavy atom. The zero-order chi connectivity index (χ0) is 13.9. The minimum Gasteiger partial charge on any atom is -0.325 e. The summed E-state index contributed by atoms with van der Waals surface area (Å²) in [4.78, 5) is 1.07. The third-order valence-corrected chi connectivity index (χ3v) is 4.37. The van der Waals surface area contributed by atoms with E-state index in [9.17, 15) is 0 Å². The highest BCUT2D eigenvalue weighted by molar-refractivity contribution is 9.10. The average molecular weight is 365 g/mol. The van der Waals surface area contributed by atoms with Crippen LogP contribution in [0.15, 0.2) is 70.0 Å². The van der Waals surface area contributed by atoms with E-state index in [0.29, 0.717) is 0 Å². The zero-order valence-corrected chi connectivity index (χ0v) is 13.6. The van der Waals surface area contributed by atoms with Gasteiger partial charge in [0.1, 0.15) is 0 Å². The second-order valence-electron chi connectivity index (χ2n) is 4.34. The van der Waals surface area contributed by atoms with E-state index in [-0.39, 0.29) is 0 Å². The minimum atomic E-state index is 0.724. The van der Waals surface area contributed by atoms with Crippen LogP contribution in [0.3, 0.4) is 0 Å². The van der Waals surface area contributed by atoms with Gasteiger partial charge in [0.05, 0.1) is 5.69 Å². The molecule has 0 aliphatic heterocycles. The van der Waals surface area contributed by atoms with Crippen molar-refractivity contribution < 1.29 is 0 Å². The van der Waals surface area contributed by atoms with Crippen molar-refractivity contribution in [1.82, 2.24) is 0 Å². The first-order chi connectivity index (χ1) is 9.72. The third kappa shape index (κ3) is 3.11. The van der Waals surface area contributed by atoms with Crippen LogP contribution in [-0.4, -0.2) is 0 Å². The molecule has 0 saturated heterocycles. The van der Waals surface area contributed by atoms with E-state index < -0.39 is 0 Å². The van der Waals surface area contributed by atoms with Crippen molar-refractivity contribution in [3.05, 3.63) is 70.2 Å². The molecule has 0 atom stereocenters. The first kappa shape index (κ1) is 13.8. The maximum atomic E-state index is 6.06. The van der Waals surface area contributed by atoms with Crippen LogP contribution in [0.25, 0.3) is 10.8 Å². The fourth-order valence-corrected chi connectivity index (χ4v) is 3.87. The van der Waals surface area contributed by atoms with Crippen molar-refractivity contribution in [1.29, 1.82) is 0 Å². The molecule has 1 N–H and O–H groups in total. The van der Waals surface area contributed by atoms with Crippen LogP contribution >= 0.6 is 39.5 Å². The van der Waals surface area contributed by atoms with Crippen LogP contribution in [0.1, 0.15) is 0 Å². The molecule has 0 aliphatic carbocycles. The fraction of sp³-hybridized carbons (Fsp3) is 0. The summed E-state index contributed by atoms with van der Waals surface area (Å²) in [7, 11) is 0. The van der Waals surface area contributed by atoms with Crippen LogP contribution in [-0.2, 0) is 0 Å². The molecule has 3 aromatic carbocycles. The predicted molar refractivity (Wildman–Crippen MR) is 92.6 cm³/mol. The highest BCUT2D eigenvalue weighted by Crippen LogP contribution is 2.30. The van der Waals surface area contributed by atoms with Crippen LogP contribution in [0.4, 0.5) is 5.69 Å². The lowest BCUT2D eigenvalue weighted by Gasteiger charge is -2.09. The molecule has 0 fully saturated rings. The van der Waals surface area contributed by atoms with Crippen molar-refractivity contribution in [3.8, 4) is 0 Å². The normalized spacial score (nSPS) is 10.7. The number of hydrogen-bond donors (Lipinski definition) is 1. The van der Waals surface area contributed by atoms with Crippen molar-refractivity contribution in [2.24, 2.45) is 0 Å². The summed E-state index contributed by atoms with van der Waals surface area (Å²) in [5.41, 5.74) is 1.10. The summed E-state index contributed by atoms with van der Waals surface area (Å²) in [6.07, 6.45) is 0. The van der Waals surface area contributed by atoms with Gasteiger partial charge in [-0.15, -0.1) is 0 Å². The maximum Gasteiger partial charge on any atom is 0.0522 e. The monoisotopic (exact) mass is 363 g/mol. The molecule has 3 aromatic rings. The lowest BCUT2D eigenvalue weighted by Crippen LogP contribution is -1.88. The molecule has 1 nitrogen and oxygen atoms in total. The molecular formula is C16H11BrClNS. The number of halogens is 2. The summed E-state index contributed by atoms with van der Waals surface area (Å²) in [5.74, 6) is 0. The van der Waals surface area contributed by atoms with Gasteiger partial charge in [0.2, 0.25) is 0 Å². The van der Waals surface area contributed by atoms with Crippen molar-refractivity contribution >= 4 is 55.9 Å². The number of hydrogen-bond acceptors (Lipinski definition) is 2. The van der Waals surface area contributed by atoms with Gasteiger partial charge >= 0.3 is 0 Å². The van der Waals surface area contributed by atoms with Crippen molar-refractivity contribution in [2.75, 3.05) is 4.72 Å². The SMILES string of the molecule is Clc1cc(Br)cc(SNc2cccc3ccccc23)c1. The maximum absolute atomic E-state index is 6.06. The number of benzene rings is 3. The van der Waals surface area contributed by atoms with E-state index in [4.69, 9.17) is 11.6 Å². The summed E-state index contributed by atoms with van der Waals surface area (Å²) in [6, 6.07) is 20.4. The van der Waals surface area contributed by atoms with Crippen molar-refractivity contribution in [2.45, 2.75) is 4.90 Å². The summed E-state index contributed by atoms with van der Waals surface area (Å²) in [5, 5.41) is 3.16. The lowest BCUT2D eigenvalue weighted by atomic mass is 10.1. The van der Waals surface area contributed by atoms with Gasteiger partial charge < -0.3 is 4.72 Å². The Balaban J connectivity index is 1.87. The molecule has 0 aromatic heterocycles. The Labute approximate surface area is 135 Å². The standard InChI is InChI=1S/C16H11BrClNS/c17-12-8-13(18)10-14(9-12)20-19-16-7-3-5-11-4-1-2-6-15(11)16/h1-10,19H. The van der Waals surface area contributed by atoms with E-state index in [2.05, 4.69) is 51.0 Å². The molecule has 0 amide bonds. The molecule has 0 bridgehead atoms. The number of anilines is 1. The largest absolute Gasteiger partial charge is 0.325 e. The van der Waals surface area contributed by atoms with Gasteiger partial charge in [-0.3, -0.25) is 0 Å². The second-order valence-corrected chi connectivity index (χ2v) is 6.57. The number of rotatable bonds is 3. The van der Waals surface area contributed by atoms with E-state index in [1.165, 1.54) is 10.8 Å². The smallest absolute Gasteiger partial charge is 0.0522 e. The van der Waals surface area contributed by atoms with E-state index in [0.717, 1.165) is 20.1 Å². The molecule has 0 saturated carbocycles. The van der Waals surface area contributed by atoms with Gasteiger partial charge in [0, 0.05) is 19.8 Å². The van der Waals surface area contributed by atoms with Gasteiger partial charge in [0.25, 0.3) is 0 Å². The second kappa shape index (κ2) is 6.08. The van der Waals surface area contributed by atoms with Crippen molar-refractivity contribution in [3.63, 3.8) is 0 Å². The van der Waals surface area contributed by atoms with Crippen LogP contribution in [0.5, 0.6) is 0 Å². The molecule has 4 heteroatoms. The highest BCUT2D eigenvalue weighted by Gasteiger charge is 2.02. The summed E-state index contributed by atoms with van der Waals surface area (Å²) in [6.45, 7) is 0. The van der Waals surface area contributed by atoms with Gasteiger partial charge in [-0.25, -0.2) is 0 Å². The topological polar surface area (TPSA) is 12.0 Å². The molecule has 0 radical (unpaired) electrons.